The van der Waals surface area contributed by atoms with E-state index in [9.17, 15) is 9.90 Å². The number of carbonyl (C=O) groups excluding carboxylic acids is 1. The summed E-state index contributed by atoms with van der Waals surface area (Å²) in [5.41, 5.74) is 2.36. The second-order valence-electron chi connectivity index (χ2n) is 8.10. The van der Waals surface area contributed by atoms with Crippen LogP contribution in [0.25, 0.3) is 11.0 Å². The van der Waals surface area contributed by atoms with Gasteiger partial charge in [-0.2, -0.15) is 0 Å². The molecule has 1 aromatic heterocycles. The minimum Gasteiger partial charge on any atom is -0.508 e. The lowest BCUT2D eigenvalue weighted by Crippen LogP contribution is -2.44. The first-order chi connectivity index (χ1) is 14.9. The van der Waals surface area contributed by atoms with Gasteiger partial charge in [-0.25, -0.2) is 0 Å². The molecule has 2 heterocycles. The summed E-state index contributed by atoms with van der Waals surface area (Å²) in [5, 5.41) is 14.3. The Balaban J connectivity index is 1.69. The van der Waals surface area contributed by atoms with Crippen molar-refractivity contribution in [2.24, 2.45) is 0 Å². The fourth-order valence-corrected chi connectivity index (χ4v) is 4.30. The number of phenolic OH excluding ortho intramolecular Hbond substituents is 1. The van der Waals surface area contributed by atoms with Crippen LogP contribution in [0.4, 0.5) is 5.69 Å². The molecule has 0 saturated carbocycles. The number of hydrogen-bond donors (Lipinski definition) is 2. The van der Waals surface area contributed by atoms with E-state index in [1.807, 2.05) is 13.8 Å². The van der Waals surface area contributed by atoms with Gasteiger partial charge >= 0.3 is 0 Å². The summed E-state index contributed by atoms with van der Waals surface area (Å²) in [6.45, 7) is 7.86. The number of rotatable bonds is 5. The van der Waals surface area contributed by atoms with Gasteiger partial charge in [-0.15, -0.1) is 0 Å². The Morgan fingerprint density at radius 3 is 2.48 bits per heavy atom. The van der Waals surface area contributed by atoms with E-state index in [-0.39, 0.29) is 23.9 Å². The number of carbonyl (C=O) groups is 1. The van der Waals surface area contributed by atoms with Gasteiger partial charge in [0, 0.05) is 36.3 Å². The number of nitrogens with zero attached hydrogens (tertiary/aromatic N) is 1. The molecule has 1 aliphatic heterocycles. The van der Waals surface area contributed by atoms with Crippen LogP contribution in [0, 0.1) is 6.92 Å². The van der Waals surface area contributed by atoms with Crippen molar-refractivity contribution in [2.75, 3.05) is 25.5 Å². The van der Waals surface area contributed by atoms with Crippen LogP contribution in [0.15, 0.2) is 40.8 Å². The third-order valence-corrected chi connectivity index (χ3v) is 5.57. The molecule has 2 atom stereocenters. The first-order valence-corrected chi connectivity index (χ1v) is 10.4. The first kappa shape index (κ1) is 21.2. The lowest BCUT2D eigenvalue weighted by Gasteiger charge is -2.35. The van der Waals surface area contributed by atoms with Gasteiger partial charge in [0.25, 0.3) is 5.91 Å². The Morgan fingerprint density at radius 1 is 1.16 bits per heavy atom. The molecule has 7 heteroatoms. The average Bonchev–Trinajstić information content (AvgIpc) is 3.06. The number of anilines is 1. The van der Waals surface area contributed by atoms with Gasteiger partial charge in [-0.1, -0.05) is 0 Å². The van der Waals surface area contributed by atoms with Crippen molar-refractivity contribution in [3.8, 4) is 11.5 Å². The zero-order valence-corrected chi connectivity index (χ0v) is 18.3. The van der Waals surface area contributed by atoms with Crippen LogP contribution in [0.2, 0.25) is 0 Å². The van der Waals surface area contributed by atoms with Crippen LogP contribution in [0.3, 0.4) is 0 Å². The van der Waals surface area contributed by atoms with Gasteiger partial charge in [-0.05, 0) is 57.2 Å². The number of hydrogen-bond acceptors (Lipinski definition) is 6. The van der Waals surface area contributed by atoms with Crippen molar-refractivity contribution in [2.45, 2.75) is 39.5 Å². The highest BCUT2D eigenvalue weighted by Crippen LogP contribution is 2.35. The molecule has 1 saturated heterocycles. The summed E-state index contributed by atoms with van der Waals surface area (Å²) in [5.74, 6) is 1.09. The number of aryl methyl sites for hydroxylation is 1. The third kappa shape index (κ3) is 4.38. The number of benzene rings is 2. The maximum atomic E-state index is 13.2. The first-order valence-electron chi connectivity index (χ1n) is 10.4. The molecule has 7 nitrogen and oxygen atoms in total. The summed E-state index contributed by atoms with van der Waals surface area (Å²) in [4.78, 5) is 15.4. The van der Waals surface area contributed by atoms with E-state index in [1.54, 1.807) is 50.4 Å². The van der Waals surface area contributed by atoms with E-state index >= 15 is 0 Å². The van der Waals surface area contributed by atoms with Crippen LogP contribution < -0.4 is 10.1 Å². The highest BCUT2D eigenvalue weighted by atomic mass is 16.5. The topological polar surface area (TPSA) is 84.2 Å². The van der Waals surface area contributed by atoms with Crippen molar-refractivity contribution >= 4 is 22.6 Å². The second-order valence-corrected chi connectivity index (χ2v) is 8.10. The highest BCUT2D eigenvalue weighted by molar-refractivity contribution is 6.14. The van der Waals surface area contributed by atoms with Gasteiger partial charge < -0.3 is 24.3 Å². The number of nitrogens with one attached hydrogen (secondary N) is 1. The van der Waals surface area contributed by atoms with Crippen LogP contribution in [-0.2, 0) is 11.3 Å². The molecule has 0 bridgehead atoms. The zero-order chi connectivity index (χ0) is 22.1. The van der Waals surface area contributed by atoms with E-state index in [4.69, 9.17) is 13.9 Å². The van der Waals surface area contributed by atoms with E-state index in [2.05, 4.69) is 10.2 Å². The van der Waals surface area contributed by atoms with Gasteiger partial charge in [0.1, 0.15) is 22.8 Å². The monoisotopic (exact) mass is 424 g/mol. The molecule has 1 fully saturated rings. The fourth-order valence-electron chi connectivity index (χ4n) is 4.30. The van der Waals surface area contributed by atoms with E-state index < -0.39 is 0 Å². The van der Waals surface area contributed by atoms with Crippen molar-refractivity contribution in [3.63, 3.8) is 0 Å². The predicted molar refractivity (Wildman–Crippen MR) is 119 cm³/mol. The van der Waals surface area contributed by atoms with E-state index in [0.717, 1.165) is 13.1 Å². The second kappa shape index (κ2) is 8.61. The normalized spacial score (nSPS) is 19.5. The Bertz CT molecular complexity index is 1080. The van der Waals surface area contributed by atoms with Crippen LogP contribution in [-0.4, -0.2) is 48.3 Å². The Kier molecular flexibility index (Phi) is 5.89. The number of aromatic hydroxyl groups is 1. The van der Waals surface area contributed by atoms with Crippen molar-refractivity contribution < 1.29 is 23.8 Å². The fraction of sp³-hybridized carbons (Fsp3) is 0.375. The number of amides is 1. The van der Waals surface area contributed by atoms with Gasteiger partial charge in [-0.3, -0.25) is 9.69 Å². The predicted octanol–water partition coefficient (Wildman–Crippen LogP) is 4.32. The molecule has 1 aliphatic rings. The molecule has 2 N–H and O–H groups in total. The molecule has 2 aromatic carbocycles. The van der Waals surface area contributed by atoms with Crippen molar-refractivity contribution in [3.05, 3.63) is 53.3 Å². The average molecular weight is 424 g/mol. The maximum absolute atomic E-state index is 13.2. The molecule has 31 heavy (non-hydrogen) atoms. The summed E-state index contributed by atoms with van der Waals surface area (Å²) >= 11 is 0. The summed E-state index contributed by atoms with van der Waals surface area (Å²) in [6, 6.07) is 10.5. The molecule has 0 spiro atoms. The highest BCUT2D eigenvalue weighted by Gasteiger charge is 2.27. The zero-order valence-electron chi connectivity index (χ0n) is 18.3. The standard InChI is InChI=1S/C24H28N2O5/c1-14-11-26(12-15(2)30-14)13-19-20(27)9-10-21-23(19)22(16(3)31-21)24(28)25-17-5-7-18(29-4)8-6-17/h5-10,14-15,27H,11-13H2,1-4H3,(H,25,28)/t14-,15-/m0/s1. The summed E-state index contributed by atoms with van der Waals surface area (Å²) < 4.78 is 16.9. The summed E-state index contributed by atoms with van der Waals surface area (Å²) in [6.07, 6.45) is 0.211. The maximum Gasteiger partial charge on any atom is 0.259 e. The smallest absolute Gasteiger partial charge is 0.259 e. The molecule has 0 unspecified atom stereocenters. The molecular weight excluding hydrogens is 396 g/mol. The molecular formula is C24H28N2O5. The van der Waals surface area contributed by atoms with Crippen molar-refractivity contribution in [1.82, 2.24) is 4.90 Å². The number of ether oxygens (including phenoxy) is 2. The van der Waals surface area contributed by atoms with Crippen LogP contribution in [0.1, 0.15) is 35.5 Å². The Morgan fingerprint density at radius 2 is 1.84 bits per heavy atom. The van der Waals surface area contributed by atoms with Crippen LogP contribution in [0.5, 0.6) is 11.5 Å². The lowest BCUT2D eigenvalue weighted by atomic mass is 10.0. The number of methoxy groups -OCH3 is 1. The SMILES string of the molecule is COc1ccc(NC(=O)c2c(C)oc3ccc(O)c(CN4C[C@H](C)O[C@@H](C)C4)c23)cc1. The molecule has 164 valence electrons. The number of morpholine rings is 1. The van der Waals surface area contributed by atoms with Gasteiger partial charge in [0.15, 0.2) is 0 Å². The van der Waals surface area contributed by atoms with Crippen molar-refractivity contribution in [1.29, 1.82) is 0 Å². The Labute approximate surface area is 181 Å². The van der Waals surface area contributed by atoms with Gasteiger partial charge in [0.05, 0.1) is 24.9 Å². The minimum absolute atomic E-state index is 0.106. The number of phenols is 1. The molecule has 1 amide bonds. The largest absolute Gasteiger partial charge is 0.508 e. The molecule has 0 radical (unpaired) electrons. The molecule has 0 aliphatic carbocycles. The van der Waals surface area contributed by atoms with E-state index in [1.165, 1.54) is 0 Å². The van der Waals surface area contributed by atoms with Crippen LogP contribution >= 0.6 is 0 Å². The minimum atomic E-state index is -0.281. The Hall–Kier alpha value is -3.03. The third-order valence-electron chi connectivity index (χ3n) is 5.57. The quantitative estimate of drug-likeness (QED) is 0.635. The van der Waals surface area contributed by atoms with E-state index in [0.29, 0.717) is 45.8 Å². The molecule has 3 aromatic rings. The lowest BCUT2D eigenvalue weighted by molar-refractivity contribution is -0.0705. The number of furan rings is 1. The summed E-state index contributed by atoms with van der Waals surface area (Å²) in [7, 11) is 1.60. The van der Waals surface area contributed by atoms with Gasteiger partial charge in [0.2, 0.25) is 0 Å². The molecule has 4 rings (SSSR count). The number of fused-ring (bicyclic) bond motifs is 1.